The van der Waals surface area contributed by atoms with Gasteiger partial charge in [-0.05, 0) is 44.1 Å². The Kier molecular flexibility index (Phi) is 6.76. The molecule has 0 aromatic carbocycles. The van der Waals surface area contributed by atoms with Crippen LogP contribution in [0.1, 0.15) is 51.1 Å². The van der Waals surface area contributed by atoms with E-state index in [1.165, 1.54) is 38.5 Å². The minimum atomic E-state index is 0.718. The van der Waals surface area contributed by atoms with Crippen molar-refractivity contribution in [2.24, 2.45) is 5.10 Å². The first-order valence-corrected chi connectivity index (χ1v) is 9.89. The number of hydrogen-bond donors (Lipinski definition) is 1. The summed E-state index contributed by atoms with van der Waals surface area (Å²) in [5, 5.41) is 5.12. The molecule has 1 saturated heterocycles. The molecule has 2 aliphatic rings. The van der Waals surface area contributed by atoms with Crippen molar-refractivity contribution in [1.82, 2.24) is 20.2 Å². The number of hydrogen-bond acceptors (Lipinski definition) is 4. The molecule has 2 heterocycles. The molecular weight excluding hydrogens is 330 g/mol. The van der Waals surface area contributed by atoms with E-state index in [9.17, 15) is 0 Å². The molecule has 6 heteroatoms. The monoisotopic (exact) mass is 359 g/mol. The summed E-state index contributed by atoms with van der Waals surface area (Å²) >= 11 is 5.53. The molecule has 0 atom stereocenters. The van der Waals surface area contributed by atoms with Crippen molar-refractivity contribution in [3.8, 4) is 0 Å². The molecule has 1 aliphatic heterocycles. The number of rotatable bonds is 3. The molecule has 1 N–H and O–H groups in total. The van der Waals surface area contributed by atoms with Crippen LogP contribution in [0.4, 0.5) is 0 Å². The Hall–Kier alpha value is -1.53. The molecule has 136 valence electrons. The third-order valence-corrected chi connectivity index (χ3v) is 5.65. The molecule has 2 fully saturated rings. The van der Waals surface area contributed by atoms with Gasteiger partial charge in [-0.25, -0.2) is 0 Å². The third kappa shape index (κ3) is 5.22. The van der Waals surface area contributed by atoms with Gasteiger partial charge in [0.05, 0.1) is 11.4 Å². The van der Waals surface area contributed by atoms with E-state index in [2.05, 4.69) is 25.3 Å². The summed E-state index contributed by atoms with van der Waals surface area (Å²) in [6, 6.07) is 6.61. The van der Waals surface area contributed by atoms with Crippen molar-refractivity contribution < 1.29 is 0 Å². The SMILES string of the molecule is C/C(=N/NC(=S)N1CCN(C2CCCCCC2)CC1)c1ccccn1. The normalized spacial score (nSPS) is 21.0. The summed E-state index contributed by atoms with van der Waals surface area (Å²) < 4.78 is 0. The lowest BCUT2D eigenvalue weighted by Crippen LogP contribution is -2.53. The maximum absolute atomic E-state index is 5.53. The molecule has 1 aromatic heterocycles. The van der Waals surface area contributed by atoms with E-state index in [-0.39, 0.29) is 0 Å². The number of aromatic nitrogens is 1. The maximum atomic E-state index is 5.53. The van der Waals surface area contributed by atoms with Gasteiger partial charge in [-0.15, -0.1) is 0 Å². The molecule has 0 unspecified atom stereocenters. The van der Waals surface area contributed by atoms with Crippen molar-refractivity contribution >= 4 is 23.0 Å². The highest BCUT2D eigenvalue weighted by Crippen LogP contribution is 2.22. The Morgan fingerprint density at radius 3 is 2.48 bits per heavy atom. The molecular formula is C19H29N5S. The average Bonchev–Trinajstić information content (AvgIpc) is 2.96. The van der Waals surface area contributed by atoms with Crippen LogP contribution in [-0.2, 0) is 0 Å². The van der Waals surface area contributed by atoms with Crippen molar-refractivity contribution in [2.45, 2.75) is 51.5 Å². The largest absolute Gasteiger partial charge is 0.345 e. The highest BCUT2D eigenvalue weighted by Gasteiger charge is 2.25. The van der Waals surface area contributed by atoms with Gasteiger partial charge in [0.25, 0.3) is 0 Å². The van der Waals surface area contributed by atoms with Gasteiger partial charge in [0.2, 0.25) is 0 Å². The van der Waals surface area contributed by atoms with Crippen LogP contribution in [0.25, 0.3) is 0 Å². The Morgan fingerprint density at radius 1 is 1.12 bits per heavy atom. The zero-order chi connectivity index (χ0) is 17.5. The number of pyridine rings is 1. The first-order valence-electron chi connectivity index (χ1n) is 9.49. The van der Waals surface area contributed by atoms with Gasteiger partial charge in [-0.2, -0.15) is 5.10 Å². The molecule has 0 radical (unpaired) electrons. The average molecular weight is 360 g/mol. The summed E-state index contributed by atoms with van der Waals surface area (Å²) in [4.78, 5) is 9.21. The van der Waals surface area contributed by atoms with E-state index in [1.54, 1.807) is 6.20 Å². The zero-order valence-corrected chi connectivity index (χ0v) is 16.0. The van der Waals surface area contributed by atoms with Gasteiger partial charge in [0, 0.05) is 38.4 Å². The summed E-state index contributed by atoms with van der Waals surface area (Å²) in [7, 11) is 0. The van der Waals surface area contributed by atoms with Crippen molar-refractivity contribution in [2.75, 3.05) is 26.2 Å². The predicted octanol–water partition coefficient (Wildman–Crippen LogP) is 3.02. The van der Waals surface area contributed by atoms with Crippen molar-refractivity contribution in [1.29, 1.82) is 0 Å². The topological polar surface area (TPSA) is 43.8 Å². The molecule has 1 saturated carbocycles. The number of piperazine rings is 1. The molecule has 3 rings (SSSR count). The minimum Gasteiger partial charge on any atom is -0.345 e. The smallest absolute Gasteiger partial charge is 0.189 e. The first-order chi connectivity index (χ1) is 12.2. The van der Waals surface area contributed by atoms with E-state index < -0.39 is 0 Å². The van der Waals surface area contributed by atoms with E-state index in [4.69, 9.17) is 12.2 Å². The molecule has 1 aromatic rings. The van der Waals surface area contributed by atoms with Crippen LogP contribution in [0.3, 0.4) is 0 Å². The Balaban J connectivity index is 1.46. The van der Waals surface area contributed by atoms with Gasteiger partial charge >= 0.3 is 0 Å². The standard InChI is InChI=1S/C19H29N5S/c1-16(18-10-6-7-11-20-18)21-22-19(25)24-14-12-23(13-15-24)17-8-4-2-3-5-9-17/h6-7,10-11,17H,2-5,8-9,12-15H2,1H3,(H,22,25)/b21-16-. The van der Waals surface area contributed by atoms with Crippen LogP contribution in [0, 0.1) is 0 Å². The second-order valence-electron chi connectivity index (χ2n) is 7.00. The van der Waals surface area contributed by atoms with Gasteiger partial charge in [0.15, 0.2) is 5.11 Å². The van der Waals surface area contributed by atoms with E-state index in [1.807, 2.05) is 25.1 Å². The lowest BCUT2D eigenvalue weighted by Gasteiger charge is -2.39. The fraction of sp³-hybridized carbons (Fsp3) is 0.632. The van der Waals surface area contributed by atoms with Crippen LogP contribution in [-0.4, -0.2) is 57.8 Å². The fourth-order valence-corrected chi connectivity index (χ4v) is 3.98. The van der Waals surface area contributed by atoms with Crippen molar-refractivity contribution in [3.63, 3.8) is 0 Å². The molecule has 0 amide bonds. The lowest BCUT2D eigenvalue weighted by atomic mass is 10.1. The fourth-order valence-electron chi connectivity index (χ4n) is 3.75. The second kappa shape index (κ2) is 9.25. The van der Waals surface area contributed by atoms with E-state index in [0.717, 1.165) is 48.7 Å². The lowest BCUT2D eigenvalue weighted by molar-refractivity contribution is 0.121. The number of nitrogens with zero attached hydrogens (tertiary/aromatic N) is 4. The summed E-state index contributed by atoms with van der Waals surface area (Å²) in [5.41, 5.74) is 4.76. The first kappa shape index (κ1) is 18.3. The van der Waals surface area contributed by atoms with Gasteiger partial charge in [0.1, 0.15) is 0 Å². The quantitative estimate of drug-likeness (QED) is 0.389. The van der Waals surface area contributed by atoms with E-state index in [0.29, 0.717) is 0 Å². The highest BCUT2D eigenvalue weighted by molar-refractivity contribution is 7.80. The third-order valence-electron chi connectivity index (χ3n) is 5.30. The zero-order valence-electron chi connectivity index (χ0n) is 15.2. The van der Waals surface area contributed by atoms with E-state index >= 15 is 0 Å². The van der Waals surface area contributed by atoms with Gasteiger partial charge in [-0.1, -0.05) is 31.7 Å². The summed E-state index contributed by atoms with van der Waals surface area (Å²) in [5.74, 6) is 0. The Bertz CT molecular complexity index is 573. The summed E-state index contributed by atoms with van der Waals surface area (Å²) in [6.07, 6.45) is 10.1. The van der Waals surface area contributed by atoms with Gasteiger partial charge in [-0.3, -0.25) is 15.3 Å². The van der Waals surface area contributed by atoms with Crippen LogP contribution in [0.15, 0.2) is 29.5 Å². The molecule has 5 nitrogen and oxygen atoms in total. The molecule has 25 heavy (non-hydrogen) atoms. The van der Waals surface area contributed by atoms with Crippen molar-refractivity contribution in [3.05, 3.63) is 30.1 Å². The predicted molar refractivity (Wildman–Crippen MR) is 107 cm³/mol. The van der Waals surface area contributed by atoms with Crippen LogP contribution < -0.4 is 5.43 Å². The summed E-state index contributed by atoms with van der Waals surface area (Å²) in [6.45, 7) is 6.13. The number of nitrogens with one attached hydrogen (secondary N) is 1. The minimum absolute atomic E-state index is 0.718. The Labute approximate surface area is 156 Å². The van der Waals surface area contributed by atoms with Crippen LogP contribution in [0.2, 0.25) is 0 Å². The molecule has 1 aliphatic carbocycles. The maximum Gasteiger partial charge on any atom is 0.189 e. The molecule has 0 spiro atoms. The Morgan fingerprint density at radius 2 is 1.84 bits per heavy atom. The second-order valence-corrected chi connectivity index (χ2v) is 7.38. The highest BCUT2D eigenvalue weighted by atomic mass is 32.1. The molecule has 0 bridgehead atoms. The number of hydrazone groups is 1. The number of thiocarbonyl (C=S) groups is 1. The van der Waals surface area contributed by atoms with Crippen LogP contribution in [0.5, 0.6) is 0 Å². The van der Waals surface area contributed by atoms with Crippen LogP contribution >= 0.6 is 12.2 Å². The van der Waals surface area contributed by atoms with Gasteiger partial charge < -0.3 is 4.90 Å².